The number of carbonyl (C=O) groups is 2. The van der Waals surface area contributed by atoms with Gasteiger partial charge in [-0.1, -0.05) is 0 Å². The lowest BCUT2D eigenvalue weighted by Gasteiger charge is -2.08. The van der Waals surface area contributed by atoms with Gasteiger partial charge in [-0.05, 0) is 74.9 Å². The monoisotopic (exact) mass is 480 g/mol. The second kappa shape index (κ2) is 7.76. The van der Waals surface area contributed by atoms with E-state index in [2.05, 4.69) is 49.4 Å². The Balaban J connectivity index is 1.74. The van der Waals surface area contributed by atoms with E-state index in [1.54, 1.807) is 24.3 Å². The topological polar surface area (TPSA) is 67.4 Å². The summed E-state index contributed by atoms with van der Waals surface area (Å²) in [4.78, 5) is 23.8. The first kappa shape index (κ1) is 16.2. The number of carbonyl (C=O) groups excluding carboxylic acids is 2. The maximum atomic E-state index is 11.7. The van der Waals surface area contributed by atoms with Gasteiger partial charge in [0, 0.05) is 3.57 Å². The highest BCUT2D eigenvalue weighted by molar-refractivity contribution is 14.1. The second-order valence-electron chi connectivity index (χ2n) is 3.85. The van der Waals surface area contributed by atoms with Crippen LogP contribution >= 0.6 is 49.9 Å². The number of ether oxygens (including phenoxy) is 1. The van der Waals surface area contributed by atoms with Gasteiger partial charge in [-0.25, -0.2) is 0 Å². The molecule has 0 atom stereocenters. The Kier molecular flexibility index (Phi) is 6.00. The lowest BCUT2D eigenvalue weighted by Crippen LogP contribution is -2.43. The minimum atomic E-state index is -0.433. The minimum absolute atomic E-state index is 0.172. The van der Waals surface area contributed by atoms with Crippen LogP contribution in [-0.4, -0.2) is 18.4 Å². The molecule has 2 rings (SSSR count). The Labute approximate surface area is 147 Å². The van der Waals surface area contributed by atoms with Gasteiger partial charge in [0.2, 0.25) is 0 Å². The van der Waals surface area contributed by atoms with E-state index in [1.807, 2.05) is 12.1 Å². The Morgan fingerprint density at radius 2 is 1.86 bits per heavy atom. The lowest BCUT2D eigenvalue weighted by molar-refractivity contribution is -0.123. The third-order valence-electron chi connectivity index (χ3n) is 2.30. The Morgan fingerprint density at radius 3 is 2.48 bits per heavy atom. The first-order valence-electron chi connectivity index (χ1n) is 5.77. The van der Waals surface area contributed by atoms with Crippen molar-refractivity contribution in [2.24, 2.45) is 0 Å². The molecule has 1 aromatic carbocycles. The molecule has 21 heavy (non-hydrogen) atoms. The van der Waals surface area contributed by atoms with Crippen molar-refractivity contribution in [3.05, 3.63) is 48.6 Å². The molecule has 0 radical (unpaired) electrons. The summed E-state index contributed by atoms with van der Waals surface area (Å²) < 4.78 is 7.22. The van der Waals surface area contributed by atoms with Crippen molar-refractivity contribution in [2.45, 2.75) is 0 Å². The minimum Gasteiger partial charge on any atom is -0.484 e. The van der Waals surface area contributed by atoms with Crippen LogP contribution in [0.2, 0.25) is 0 Å². The molecule has 5 nitrogen and oxygen atoms in total. The van der Waals surface area contributed by atoms with Gasteiger partial charge in [-0.2, -0.15) is 0 Å². The summed E-state index contributed by atoms with van der Waals surface area (Å²) in [6, 6.07) is 10.7. The molecule has 2 aromatic rings. The van der Waals surface area contributed by atoms with E-state index in [9.17, 15) is 9.59 Å². The summed E-state index contributed by atoms with van der Waals surface area (Å²) in [5.41, 5.74) is 4.63. The molecular weight excluding hydrogens is 471 g/mol. The summed E-state index contributed by atoms with van der Waals surface area (Å²) in [6.45, 7) is -0.172. The summed E-state index contributed by atoms with van der Waals surface area (Å²) in [7, 11) is 0. The number of rotatable bonds is 4. The first-order chi connectivity index (χ1) is 10.0. The van der Waals surface area contributed by atoms with Gasteiger partial charge in [0.05, 0.1) is 8.66 Å². The summed E-state index contributed by atoms with van der Waals surface area (Å²) in [6.07, 6.45) is 0. The fourth-order valence-electron chi connectivity index (χ4n) is 1.34. The molecule has 2 N–H and O–H groups in total. The van der Waals surface area contributed by atoms with Crippen molar-refractivity contribution in [1.82, 2.24) is 10.9 Å². The Morgan fingerprint density at radius 1 is 1.14 bits per heavy atom. The molecule has 0 aliphatic rings. The predicted octanol–water partition coefficient (Wildman–Crippen LogP) is 2.96. The number of halogens is 2. The Hall–Kier alpha value is -1.13. The molecule has 2 amide bonds. The van der Waals surface area contributed by atoms with E-state index in [0.29, 0.717) is 10.6 Å². The molecule has 8 heteroatoms. The predicted molar refractivity (Wildman–Crippen MR) is 92.3 cm³/mol. The van der Waals surface area contributed by atoms with Gasteiger partial charge in [0.25, 0.3) is 11.8 Å². The highest BCUT2D eigenvalue weighted by Crippen LogP contribution is 2.21. The molecular formula is C13H10BrIN2O3S. The number of hydrogen-bond donors (Lipinski definition) is 2. The highest BCUT2D eigenvalue weighted by atomic mass is 127. The normalized spacial score (nSPS) is 10.0. The fourth-order valence-corrected chi connectivity index (χ4v) is 2.98. The smallest absolute Gasteiger partial charge is 0.279 e. The summed E-state index contributed by atoms with van der Waals surface area (Å²) in [5.74, 6) is -0.204. The summed E-state index contributed by atoms with van der Waals surface area (Å²) >= 11 is 6.73. The zero-order valence-electron chi connectivity index (χ0n) is 10.6. The quantitative estimate of drug-likeness (QED) is 0.522. The lowest BCUT2D eigenvalue weighted by atomic mass is 10.3. The molecule has 110 valence electrons. The zero-order valence-corrected chi connectivity index (χ0v) is 15.1. The average molecular weight is 481 g/mol. The van der Waals surface area contributed by atoms with Gasteiger partial charge in [0.1, 0.15) is 5.75 Å². The van der Waals surface area contributed by atoms with Crippen molar-refractivity contribution in [3.63, 3.8) is 0 Å². The van der Waals surface area contributed by atoms with Crippen LogP contribution < -0.4 is 15.6 Å². The number of hydrazine groups is 1. The van der Waals surface area contributed by atoms with Crippen LogP contribution in [0.4, 0.5) is 0 Å². The van der Waals surface area contributed by atoms with E-state index in [4.69, 9.17) is 4.74 Å². The van der Waals surface area contributed by atoms with Crippen LogP contribution in [0.15, 0.2) is 40.2 Å². The van der Waals surface area contributed by atoms with E-state index < -0.39 is 5.91 Å². The highest BCUT2D eigenvalue weighted by Gasteiger charge is 2.10. The maximum absolute atomic E-state index is 11.7. The molecule has 0 unspecified atom stereocenters. The van der Waals surface area contributed by atoms with Crippen LogP contribution in [0, 0.1) is 3.57 Å². The van der Waals surface area contributed by atoms with Crippen molar-refractivity contribution >= 4 is 61.7 Å². The first-order valence-corrected chi connectivity index (χ1v) is 8.46. The van der Waals surface area contributed by atoms with E-state index >= 15 is 0 Å². The number of hydrogen-bond acceptors (Lipinski definition) is 4. The Bertz CT molecular complexity index is 645. The average Bonchev–Trinajstić information content (AvgIpc) is 2.91. The molecule has 0 aliphatic carbocycles. The van der Waals surface area contributed by atoms with Crippen molar-refractivity contribution in [2.75, 3.05) is 6.61 Å². The third-order valence-corrected chi connectivity index (χ3v) is 4.64. The molecule has 0 aliphatic heterocycles. The number of thiophene rings is 1. The zero-order chi connectivity index (χ0) is 15.2. The maximum Gasteiger partial charge on any atom is 0.279 e. The molecule has 0 saturated carbocycles. The number of amides is 2. The van der Waals surface area contributed by atoms with Gasteiger partial charge in [-0.15, -0.1) is 11.3 Å². The molecule has 1 aromatic heterocycles. The molecule has 1 heterocycles. The van der Waals surface area contributed by atoms with Gasteiger partial charge < -0.3 is 4.74 Å². The van der Waals surface area contributed by atoms with Crippen molar-refractivity contribution in [3.8, 4) is 5.75 Å². The van der Waals surface area contributed by atoms with Crippen LogP contribution in [-0.2, 0) is 4.79 Å². The van der Waals surface area contributed by atoms with Crippen LogP contribution in [0.1, 0.15) is 9.67 Å². The number of nitrogens with one attached hydrogen (secondary N) is 2. The van der Waals surface area contributed by atoms with Crippen LogP contribution in [0.5, 0.6) is 5.75 Å². The van der Waals surface area contributed by atoms with E-state index in [1.165, 1.54) is 11.3 Å². The van der Waals surface area contributed by atoms with Crippen LogP contribution in [0.25, 0.3) is 0 Å². The molecule has 0 bridgehead atoms. The number of benzene rings is 1. The molecule has 0 spiro atoms. The SMILES string of the molecule is O=C(COc1ccc(I)cc1)NNC(=O)c1ccc(Br)s1. The third kappa shape index (κ3) is 5.29. The van der Waals surface area contributed by atoms with Gasteiger partial charge >= 0.3 is 0 Å². The van der Waals surface area contributed by atoms with Gasteiger partial charge in [0.15, 0.2) is 6.61 Å². The second-order valence-corrected chi connectivity index (χ2v) is 7.56. The molecule has 0 fully saturated rings. The van der Waals surface area contributed by atoms with Crippen LogP contribution in [0.3, 0.4) is 0 Å². The van der Waals surface area contributed by atoms with Gasteiger partial charge in [-0.3, -0.25) is 20.4 Å². The standard InChI is InChI=1S/C13H10BrIN2O3S/c14-11-6-5-10(21-11)13(19)17-16-12(18)7-20-9-3-1-8(15)2-4-9/h1-6H,7H2,(H,16,18)(H,17,19). The summed E-state index contributed by atoms with van der Waals surface area (Å²) in [5, 5.41) is 0. The molecule has 0 saturated heterocycles. The van der Waals surface area contributed by atoms with Crippen molar-refractivity contribution < 1.29 is 14.3 Å². The van der Waals surface area contributed by atoms with Crippen molar-refractivity contribution in [1.29, 1.82) is 0 Å². The van der Waals surface area contributed by atoms with E-state index in [0.717, 1.165) is 7.36 Å². The van der Waals surface area contributed by atoms with E-state index in [-0.39, 0.29) is 12.5 Å². The largest absolute Gasteiger partial charge is 0.484 e. The fraction of sp³-hybridized carbons (Fsp3) is 0.0769.